The Balaban J connectivity index is 1.51. The molecule has 0 bridgehead atoms. The number of rotatable bonds is 0. The number of fused-ring (bicyclic) bond motifs is 15. The van der Waals surface area contributed by atoms with Gasteiger partial charge in [-0.15, -0.1) is 68.0 Å². The van der Waals surface area contributed by atoms with Crippen LogP contribution in [-0.2, 0) is 0 Å². The summed E-state index contributed by atoms with van der Waals surface area (Å²) < 4.78 is 26.7. The summed E-state index contributed by atoms with van der Waals surface area (Å²) in [5.41, 5.74) is 8.19. The van der Waals surface area contributed by atoms with Gasteiger partial charge in [-0.05, 0) is 68.7 Å². The molecule has 0 atom stereocenters. The van der Waals surface area contributed by atoms with Gasteiger partial charge in [0.25, 0.3) is 0 Å². The number of thiophene rings is 6. The lowest BCUT2D eigenvalue weighted by Crippen LogP contribution is -2.15. The van der Waals surface area contributed by atoms with Crippen LogP contribution in [0.25, 0.3) is 33.4 Å². The lowest BCUT2D eigenvalue weighted by atomic mass is 10.2. The highest BCUT2D eigenvalue weighted by Gasteiger charge is 2.53. The van der Waals surface area contributed by atoms with Crippen LogP contribution in [-0.4, -0.2) is 0 Å². The maximum absolute atomic E-state index is 6.10. The summed E-state index contributed by atoms with van der Waals surface area (Å²) in [6.45, 7) is 0. The van der Waals surface area contributed by atoms with E-state index in [9.17, 15) is 0 Å². The minimum absolute atomic E-state index is 1.37. The van der Waals surface area contributed by atoms with Crippen LogP contribution in [0, 0.1) is 0 Å². The van der Waals surface area contributed by atoms with Crippen LogP contribution in [0.5, 0.6) is 0 Å². The van der Waals surface area contributed by atoms with E-state index in [1.807, 2.05) is 68.0 Å². The first-order valence-corrected chi connectivity index (χ1v) is 21.5. The van der Waals surface area contributed by atoms with Crippen LogP contribution in [0.2, 0.25) is 0 Å². The minimum Gasteiger partial charge on any atom is -0.220 e. The molecule has 3 nitrogen and oxygen atoms in total. The molecule has 0 saturated carbocycles. The molecule has 0 amide bonds. The van der Waals surface area contributed by atoms with Crippen molar-refractivity contribution in [1.82, 2.24) is 0 Å². The maximum atomic E-state index is 6.10. The van der Waals surface area contributed by atoms with E-state index in [1.54, 1.807) is 0 Å². The van der Waals surface area contributed by atoms with E-state index < -0.39 is 21.6 Å². The van der Waals surface area contributed by atoms with E-state index in [4.69, 9.17) is 13.5 Å². The fourth-order valence-electron chi connectivity index (χ4n) is 5.87. The predicted molar refractivity (Wildman–Crippen MR) is 169 cm³/mol. The van der Waals surface area contributed by atoms with Gasteiger partial charge in [0, 0.05) is 33.4 Å². The van der Waals surface area contributed by atoms with Crippen LogP contribution in [0.1, 0.15) is 0 Å². The number of hydrogen-bond donors (Lipinski definition) is 0. The SMILES string of the molecule is c1cc2c(s1)P1(=NP3(=NP4(=N1)c1sccc1-c1ccsc14)c1sccc1-c1ccsc13)c1sccc1-2. The Morgan fingerprint density at radius 3 is 0.722 bits per heavy atom. The van der Waals surface area contributed by atoms with Gasteiger partial charge < -0.3 is 0 Å². The number of hydrogen-bond acceptors (Lipinski definition) is 9. The molecule has 4 aliphatic heterocycles. The first kappa shape index (κ1) is 20.8. The quantitative estimate of drug-likeness (QED) is 0.151. The fourth-order valence-corrected chi connectivity index (χ4v) is 34.0. The molecular weight excluding hydrogens is 616 g/mol. The first-order chi connectivity index (χ1) is 17.8. The average Bonchev–Trinajstić information content (AvgIpc) is 3.74. The van der Waals surface area contributed by atoms with E-state index in [-0.39, 0.29) is 0 Å². The predicted octanol–water partition coefficient (Wildman–Crippen LogP) is 8.61. The van der Waals surface area contributed by atoms with Gasteiger partial charge in [-0.1, -0.05) is 0 Å². The molecular formula is C24H12N3P3S6. The molecule has 0 aromatic carbocycles. The van der Waals surface area contributed by atoms with E-state index in [2.05, 4.69) is 68.7 Å². The molecule has 6 aromatic heterocycles. The zero-order valence-corrected chi connectivity index (χ0v) is 25.6. The molecule has 12 heteroatoms. The maximum Gasteiger partial charge on any atom is 0.158 e. The van der Waals surface area contributed by atoms with Crippen molar-refractivity contribution in [1.29, 1.82) is 0 Å². The largest absolute Gasteiger partial charge is 0.220 e. The summed E-state index contributed by atoms with van der Waals surface area (Å²) in [5.74, 6) is 0. The van der Waals surface area contributed by atoms with Gasteiger partial charge in [0.15, 0.2) is 21.6 Å². The molecule has 0 unspecified atom stereocenters. The summed E-state index contributed by atoms with van der Waals surface area (Å²) in [7, 11) is -7.08. The van der Waals surface area contributed by atoms with Gasteiger partial charge in [-0.25, -0.2) is 13.5 Å². The van der Waals surface area contributed by atoms with E-state index in [1.165, 1.54) is 61.1 Å². The highest BCUT2D eigenvalue weighted by molar-refractivity contribution is 8.07. The second-order valence-electron chi connectivity index (χ2n) is 8.91. The standard InChI is InChI=1S/C24H12N3P3S6/c1-7-31-19-13(1)14-2-8-32-20(14)28(19)25-29(21-15(3-9-33-21)16-4-10-34-22(16)29)27-30(26-28)23-17(5-11-35-23)18-6-12-36-24(18)30/h1-12H. The van der Waals surface area contributed by atoms with Crippen molar-refractivity contribution in [3.63, 3.8) is 0 Å². The third-order valence-corrected chi connectivity index (χ3v) is 29.0. The first-order valence-electron chi connectivity index (χ1n) is 11.2. The molecule has 174 valence electrons. The molecule has 10 rings (SSSR count). The fraction of sp³-hybridized carbons (Fsp3) is 0. The Bertz CT molecular complexity index is 1740. The second-order valence-corrected chi connectivity index (χ2v) is 24.7. The molecule has 0 fully saturated rings. The highest BCUT2D eigenvalue weighted by atomic mass is 32.1. The summed E-state index contributed by atoms with van der Waals surface area (Å²) in [4.78, 5) is 0. The summed E-state index contributed by atoms with van der Waals surface area (Å²) >= 11 is 11.2. The lowest BCUT2D eigenvalue weighted by Gasteiger charge is -2.32. The van der Waals surface area contributed by atoms with Crippen molar-refractivity contribution in [3.8, 4) is 33.4 Å². The van der Waals surface area contributed by atoms with Gasteiger partial charge >= 0.3 is 0 Å². The molecule has 0 saturated heterocycles. The van der Waals surface area contributed by atoms with Crippen molar-refractivity contribution < 1.29 is 0 Å². The van der Waals surface area contributed by atoms with Crippen LogP contribution in [0.4, 0.5) is 0 Å². The van der Waals surface area contributed by atoms with Gasteiger partial charge in [0.1, 0.15) is 0 Å². The Hall–Kier alpha value is -1.11. The Morgan fingerprint density at radius 2 is 0.528 bits per heavy atom. The Kier molecular flexibility index (Phi) is 3.88. The van der Waals surface area contributed by atoms with Crippen LogP contribution < -0.4 is 27.7 Å². The summed E-state index contributed by atoms with van der Waals surface area (Å²) in [6, 6.07) is 13.8. The van der Waals surface area contributed by atoms with Crippen molar-refractivity contribution in [2.24, 2.45) is 13.5 Å². The van der Waals surface area contributed by atoms with E-state index in [0.717, 1.165) is 0 Å². The zero-order chi connectivity index (χ0) is 23.3. The van der Waals surface area contributed by atoms with Crippen molar-refractivity contribution in [3.05, 3.63) is 68.7 Å². The Labute approximate surface area is 231 Å². The second kappa shape index (κ2) is 6.71. The highest BCUT2D eigenvalue weighted by Crippen LogP contribution is 2.82. The van der Waals surface area contributed by atoms with Gasteiger partial charge in [0.2, 0.25) is 0 Å². The van der Waals surface area contributed by atoms with Crippen LogP contribution in [0.15, 0.2) is 82.2 Å². The molecule has 36 heavy (non-hydrogen) atoms. The summed E-state index contributed by atoms with van der Waals surface area (Å²) in [5, 5.41) is 13.5. The molecule has 0 N–H and O–H groups in total. The van der Waals surface area contributed by atoms with Gasteiger partial charge in [0.05, 0.1) is 27.7 Å². The zero-order valence-electron chi connectivity index (χ0n) is 18.1. The van der Waals surface area contributed by atoms with E-state index >= 15 is 0 Å². The molecule has 0 aliphatic carbocycles. The molecule has 0 radical (unpaired) electrons. The van der Waals surface area contributed by atoms with Gasteiger partial charge in [-0.2, -0.15) is 0 Å². The van der Waals surface area contributed by atoms with Crippen LogP contribution in [0.3, 0.4) is 0 Å². The van der Waals surface area contributed by atoms with Crippen LogP contribution >= 0.6 is 89.6 Å². The minimum atomic E-state index is -2.36. The third-order valence-electron chi connectivity index (χ3n) is 7.22. The number of nitrogens with zero attached hydrogens (tertiary/aromatic N) is 3. The Morgan fingerprint density at radius 1 is 0.333 bits per heavy atom. The third kappa shape index (κ3) is 2.14. The molecule has 4 aliphatic rings. The molecule has 10 heterocycles. The van der Waals surface area contributed by atoms with Gasteiger partial charge in [-0.3, -0.25) is 0 Å². The van der Waals surface area contributed by atoms with Crippen molar-refractivity contribution >= 4 is 117 Å². The van der Waals surface area contributed by atoms with Crippen molar-refractivity contribution in [2.45, 2.75) is 0 Å². The summed E-state index contributed by atoms with van der Waals surface area (Å²) in [6.07, 6.45) is 0. The smallest absolute Gasteiger partial charge is 0.158 e. The lowest BCUT2D eigenvalue weighted by molar-refractivity contribution is 1.73. The molecule has 6 aromatic rings. The van der Waals surface area contributed by atoms with Crippen molar-refractivity contribution in [2.75, 3.05) is 0 Å². The topological polar surface area (TPSA) is 37.1 Å². The normalized spacial score (nSPS) is 19.3. The monoisotopic (exact) mass is 627 g/mol. The average molecular weight is 628 g/mol. The molecule has 3 spiro atoms. The van der Waals surface area contributed by atoms with E-state index in [0.29, 0.717) is 0 Å².